The zero-order valence-corrected chi connectivity index (χ0v) is 15.1. The maximum Gasteiger partial charge on any atom is 0.331 e. The number of carbonyl (C=O) groups is 1. The molecule has 0 N–H and O–H groups in total. The van der Waals surface area contributed by atoms with Crippen LogP contribution in [0.15, 0.2) is 48.5 Å². The molecule has 0 heterocycles. The van der Waals surface area contributed by atoms with E-state index in [1.54, 1.807) is 49.6 Å². The number of methoxy groups -OCH3 is 1. The van der Waals surface area contributed by atoms with E-state index in [1.807, 2.05) is 19.9 Å². The molecular formula is C21H21NO4. The molecule has 0 aliphatic carbocycles. The van der Waals surface area contributed by atoms with Gasteiger partial charge in [-0.1, -0.05) is 24.3 Å². The third-order valence-electron chi connectivity index (χ3n) is 3.47. The Morgan fingerprint density at radius 2 is 1.96 bits per heavy atom. The topological polar surface area (TPSA) is 68.5 Å². The molecule has 0 aliphatic rings. The number of esters is 1. The first-order valence-corrected chi connectivity index (χ1v) is 8.21. The van der Waals surface area contributed by atoms with Crippen molar-refractivity contribution in [3.8, 4) is 17.6 Å². The molecule has 0 bridgehead atoms. The summed E-state index contributed by atoms with van der Waals surface area (Å²) in [6.07, 6.45) is 3.02. The van der Waals surface area contributed by atoms with Gasteiger partial charge in [-0.05, 0) is 43.7 Å². The largest absolute Gasteiger partial charge is 0.493 e. The van der Waals surface area contributed by atoms with Crippen molar-refractivity contribution in [2.45, 2.75) is 26.6 Å². The van der Waals surface area contributed by atoms with Crippen LogP contribution in [0.2, 0.25) is 0 Å². The minimum Gasteiger partial charge on any atom is -0.493 e. The van der Waals surface area contributed by atoms with Gasteiger partial charge >= 0.3 is 5.97 Å². The van der Waals surface area contributed by atoms with Crippen molar-refractivity contribution in [2.24, 2.45) is 0 Å². The van der Waals surface area contributed by atoms with Crippen LogP contribution < -0.4 is 9.47 Å². The fraction of sp³-hybridized carbons (Fsp3) is 0.238. The Labute approximate surface area is 153 Å². The van der Waals surface area contributed by atoms with Gasteiger partial charge in [0, 0.05) is 11.6 Å². The quantitative estimate of drug-likeness (QED) is 0.555. The predicted molar refractivity (Wildman–Crippen MR) is 98.7 cm³/mol. The van der Waals surface area contributed by atoms with Crippen molar-refractivity contribution >= 4 is 12.0 Å². The third-order valence-corrected chi connectivity index (χ3v) is 3.47. The monoisotopic (exact) mass is 351 g/mol. The second kappa shape index (κ2) is 9.28. The highest BCUT2D eigenvalue weighted by Crippen LogP contribution is 2.29. The van der Waals surface area contributed by atoms with Gasteiger partial charge in [-0.3, -0.25) is 0 Å². The molecular weight excluding hydrogens is 330 g/mol. The predicted octanol–water partition coefficient (Wildman–Crippen LogP) is 4.11. The first-order chi connectivity index (χ1) is 12.5. The molecule has 0 aliphatic heterocycles. The number of rotatable bonds is 7. The van der Waals surface area contributed by atoms with E-state index in [-0.39, 0.29) is 12.7 Å². The summed E-state index contributed by atoms with van der Waals surface area (Å²) >= 11 is 0. The number of hydrogen-bond donors (Lipinski definition) is 0. The van der Waals surface area contributed by atoms with Gasteiger partial charge < -0.3 is 14.2 Å². The lowest BCUT2D eigenvalue weighted by Crippen LogP contribution is -2.06. The van der Waals surface area contributed by atoms with Crippen molar-refractivity contribution in [1.82, 2.24) is 0 Å². The Balaban J connectivity index is 2.00. The third kappa shape index (κ3) is 5.38. The zero-order chi connectivity index (χ0) is 18.9. The minimum absolute atomic E-state index is 0.0385. The van der Waals surface area contributed by atoms with E-state index in [0.29, 0.717) is 22.6 Å². The summed E-state index contributed by atoms with van der Waals surface area (Å²) in [6.45, 7) is 3.93. The summed E-state index contributed by atoms with van der Waals surface area (Å²) in [5, 5.41) is 9.04. The number of nitriles is 1. The van der Waals surface area contributed by atoms with Gasteiger partial charge in [-0.15, -0.1) is 0 Å². The van der Waals surface area contributed by atoms with Gasteiger partial charge in [0.1, 0.15) is 6.61 Å². The van der Waals surface area contributed by atoms with Gasteiger partial charge in [0.05, 0.1) is 24.8 Å². The number of ether oxygens (including phenoxy) is 3. The van der Waals surface area contributed by atoms with Gasteiger partial charge in [0.15, 0.2) is 11.5 Å². The number of hydrogen-bond acceptors (Lipinski definition) is 5. The number of carbonyl (C=O) groups excluding carboxylic acids is 1. The van der Waals surface area contributed by atoms with E-state index in [0.717, 1.165) is 5.56 Å². The summed E-state index contributed by atoms with van der Waals surface area (Å²) in [4.78, 5) is 11.9. The number of nitrogens with zero attached hydrogens (tertiary/aromatic N) is 1. The van der Waals surface area contributed by atoms with Crippen molar-refractivity contribution in [1.29, 1.82) is 5.26 Å². The smallest absolute Gasteiger partial charge is 0.331 e. The van der Waals surface area contributed by atoms with Crippen LogP contribution in [0.25, 0.3) is 6.08 Å². The molecule has 0 fully saturated rings. The van der Waals surface area contributed by atoms with Crippen molar-refractivity contribution in [3.63, 3.8) is 0 Å². The Kier molecular flexibility index (Phi) is 6.81. The SMILES string of the molecule is COc1cc(/C=C/C(=O)OCc2ccccc2C#N)ccc1OC(C)C. The summed E-state index contributed by atoms with van der Waals surface area (Å²) in [5.41, 5.74) is 1.95. The maximum atomic E-state index is 11.9. The molecule has 0 amide bonds. The average Bonchev–Trinajstić information content (AvgIpc) is 2.65. The van der Waals surface area contributed by atoms with E-state index < -0.39 is 5.97 Å². The lowest BCUT2D eigenvalue weighted by Gasteiger charge is -2.13. The van der Waals surface area contributed by atoms with Crippen LogP contribution in [0.4, 0.5) is 0 Å². The van der Waals surface area contributed by atoms with Crippen LogP contribution in [-0.4, -0.2) is 19.2 Å². The van der Waals surface area contributed by atoms with E-state index in [1.165, 1.54) is 6.08 Å². The van der Waals surface area contributed by atoms with Gasteiger partial charge in [0.2, 0.25) is 0 Å². The van der Waals surface area contributed by atoms with Gasteiger partial charge in [0.25, 0.3) is 0 Å². The molecule has 5 heteroatoms. The van der Waals surface area contributed by atoms with Gasteiger partial charge in [-0.2, -0.15) is 5.26 Å². The van der Waals surface area contributed by atoms with Crippen molar-refractivity contribution < 1.29 is 19.0 Å². The average molecular weight is 351 g/mol. The van der Waals surface area contributed by atoms with E-state index in [4.69, 9.17) is 19.5 Å². The molecule has 0 unspecified atom stereocenters. The van der Waals surface area contributed by atoms with Crippen molar-refractivity contribution in [3.05, 3.63) is 65.2 Å². The standard InChI is InChI=1S/C21H21NO4/c1-15(2)26-19-10-8-16(12-20(19)24-3)9-11-21(23)25-14-18-7-5-4-6-17(18)13-22/h4-12,15H,14H2,1-3H3/b11-9+. The van der Waals surface area contributed by atoms with Crippen LogP contribution in [0.3, 0.4) is 0 Å². The minimum atomic E-state index is -0.487. The first-order valence-electron chi connectivity index (χ1n) is 8.21. The van der Waals surface area contributed by atoms with E-state index >= 15 is 0 Å². The fourth-order valence-corrected chi connectivity index (χ4v) is 2.26. The van der Waals surface area contributed by atoms with Crippen molar-refractivity contribution in [2.75, 3.05) is 7.11 Å². The first kappa shape index (κ1) is 19.1. The number of benzene rings is 2. The molecule has 2 aromatic rings. The second-order valence-corrected chi connectivity index (χ2v) is 5.79. The normalized spacial score (nSPS) is 10.6. The molecule has 134 valence electrons. The lowest BCUT2D eigenvalue weighted by atomic mass is 10.1. The molecule has 26 heavy (non-hydrogen) atoms. The summed E-state index contributed by atoms with van der Waals surface area (Å²) in [5.74, 6) is 0.756. The van der Waals surface area contributed by atoms with E-state index in [9.17, 15) is 4.79 Å². The highest BCUT2D eigenvalue weighted by atomic mass is 16.5. The van der Waals surface area contributed by atoms with Crippen LogP contribution in [0.1, 0.15) is 30.5 Å². The molecule has 2 rings (SSSR count). The van der Waals surface area contributed by atoms with Crippen LogP contribution >= 0.6 is 0 Å². The highest BCUT2D eigenvalue weighted by molar-refractivity contribution is 5.87. The van der Waals surface area contributed by atoms with E-state index in [2.05, 4.69) is 6.07 Å². The maximum absolute atomic E-state index is 11.9. The van der Waals surface area contributed by atoms with Gasteiger partial charge in [-0.25, -0.2) is 4.79 Å². The molecule has 0 saturated heterocycles. The lowest BCUT2D eigenvalue weighted by molar-refractivity contribution is -0.138. The molecule has 0 saturated carbocycles. The highest BCUT2D eigenvalue weighted by Gasteiger charge is 2.07. The Hall–Kier alpha value is -3.26. The Bertz CT molecular complexity index is 834. The second-order valence-electron chi connectivity index (χ2n) is 5.79. The molecule has 0 aromatic heterocycles. The Morgan fingerprint density at radius 3 is 2.65 bits per heavy atom. The molecule has 0 spiro atoms. The fourth-order valence-electron chi connectivity index (χ4n) is 2.26. The summed E-state index contributed by atoms with van der Waals surface area (Å²) in [7, 11) is 1.57. The van der Waals surface area contributed by atoms with Crippen LogP contribution in [-0.2, 0) is 16.1 Å². The summed E-state index contributed by atoms with van der Waals surface area (Å²) < 4.78 is 16.2. The summed E-state index contributed by atoms with van der Waals surface area (Å²) in [6, 6.07) is 14.5. The molecule has 0 atom stereocenters. The zero-order valence-electron chi connectivity index (χ0n) is 15.1. The molecule has 0 radical (unpaired) electrons. The van der Waals surface area contributed by atoms with Crippen LogP contribution in [0, 0.1) is 11.3 Å². The van der Waals surface area contributed by atoms with Crippen LogP contribution in [0.5, 0.6) is 11.5 Å². The molecule has 2 aromatic carbocycles. The Morgan fingerprint density at radius 1 is 1.19 bits per heavy atom. The molecule has 5 nitrogen and oxygen atoms in total.